The third-order valence-electron chi connectivity index (χ3n) is 4.98. The number of anilines is 3. The number of carbonyl (C=O) groups excluding carboxylic acids is 2. The zero-order valence-corrected chi connectivity index (χ0v) is 18.5. The van der Waals surface area contributed by atoms with Crippen molar-refractivity contribution in [2.75, 3.05) is 28.6 Å². The molecule has 0 aliphatic carbocycles. The zero-order valence-electron chi connectivity index (χ0n) is 16.9. The quantitative estimate of drug-likeness (QED) is 0.538. The number of hydrogen-bond acceptors (Lipinski definition) is 6. The summed E-state index contributed by atoms with van der Waals surface area (Å²) >= 11 is 2.81. The van der Waals surface area contributed by atoms with Gasteiger partial charge in [0.1, 0.15) is 5.82 Å². The number of piperidine rings is 1. The van der Waals surface area contributed by atoms with E-state index in [1.807, 2.05) is 17.5 Å². The Hall–Kier alpha value is -2.78. The molecule has 1 aliphatic heterocycles. The highest BCUT2D eigenvalue weighted by Gasteiger charge is 2.17. The van der Waals surface area contributed by atoms with Crippen LogP contribution in [0, 0.1) is 5.82 Å². The van der Waals surface area contributed by atoms with Gasteiger partial charge in [-0.15, -0.1) is 22.7 Å². The fourth-order valence-corrected chi connectivity index (χ4v) is 4.99. The molecule has 1 aromatic carbocycles. The van der Waals surface area contributed by atoms with Crippen LogP contribution in [0.5, 0.6) is 0 Å². The van der Waals surface area contributed by atoms with E-state index in [1.165, 1.54) is 41.2 Å². The van der Waals surface area contributed by atoms with Crippen LogP contribution in [-0.4, -0.2) is 29.9 Å². The molecule has 0 atom stereocenters. The van der Waals surface area contributed by atoms with Gasteiger partial charge in [0, 0.05) is 23.3 Å². The average Bonchev–Trinajstić information content (AvgIpc) is 3.41. The van der Waals surface area contributed by atoms with Crippen LogP contribution < -0.4 is 15.5 Å². The lowest BCUT2D eigenvalue weighted by Gasteiger charge is -2.30. The normalized spacial score (nSPS) is 13.8. The number of carbonyl (C=O) groups is 2. The van der Waals surface area contributed by atoms with Crippen LogP contribution in [0.2, 0.25) is 0 Å². The maximum absolute atomic E-state index is 13.8. The topological polar surface area (TPSA) is 74.3 Å². The minimum Gasteiger partial charge on any atom is -0.370 e. The fourth-order valence-electron chi connectivity index (χ4n) is 3.56. The molecule has 3 aromatic rings. The number of halogens is 1. The molecule has 0 spiro atoms. The summed E-state index contributed by atoms with van der Waals surface area (Å²) in [5.41, 5.74) is 1.88. The van der Waals surface area contributed by atoms with E-state index in [1.54, 1.807) is 11.4 Å². The third-order valence-corrected chi connectivity index (χ3v) is 6.67. The van der Waals surface area contributed by atoms with Crippen LogP contribution in [0.3, 0.4) is 0 Å². The highest BCUT2D eigenvalue weighted by molar-refractivity contribution is 7.14. The van der Waals surface area contributed by atoms with Crippen molar-refractivity contribution in [1.82, 2.24) is 4.98 Å². The lowest BCUT2D eigenvalue weighted by atomic mass is 10.1. The van der Waals surface area contributed by atoms with Crippen molar-refractivity contribution in [2.45, 2.75) is 32.1 Å². The van der Waals surface area contributed by atoms with Gasteiger partial charge >= 0.3 is 0 Å². The number of amides is 2. The highest BCUT2D eigenvalue weighted by atomic mass is 32.1. The summed E-state index contributed by atoms with van der Waals surface area (Å²) in [5.74, 6) is -0.801. The van der Waals surface area contributed by atoms with E-state index >= 15 is 0 Å². The molecule has 0 bridgehead atoms. The van der Waals surface area contributed by atoms with Gasteiger partial charge < -0.3 is 15.5 Å². The molecule has 6 nitrogen and oxygen atoms in total. The molecule has 1 aliphatic rings. The number of thiazole rings is 1. The van der Waals surface area contributed by atoms with E-state index in [0.29, 0.717) is 22.9 Å². The second-order valence-corrected chi connectivity index (χ2v) is 9.27. The average molecular weight is 459 g/mol. The van der Waals surface area contributed by atoms with Crippen molar-refractivity contribution in [1.29, 1.82) is 0 Å². The van der Waals surface area contributed by atoms with Crippen LogP contribution in [0.1, 0.15) is 29.8 Å². The lowest BCUT2D eigenvalue weighted by molar-refractivity contribution is -0.116. The van der Waals surface area contributed by atoms with Gasteiger partial charge in [-0.25, -0.2) is 9.37 Å². The summed E-state index contributed by atoms with van der Waals surface area (Å²) in [6.45, 7) is 1.80. The van der Waals surface area contributed by atoms with Crippen molar-refractivity contribution in [3.63, 3.8) is 0 Å². The van der Waals surface area contributed by atoms with Gasteiger partial charge in [0.25, 0.3) is 0 Å². The molecule has 1 saturated heterocycles. The third kappa shape index (κ3) is 5.89. The Morgan fingerprint density at radius 2 is 1.84 bits per heavy atom. The molecule has 162 valence electrons. The molecule has 9 heteroatoms. The maximum atomic E-state index is 13.8. The van der Waals surface area contributed by atoms with Gasteiger partial charge in [0.15, 0.2) is 5.13 Å². The number of benzene rings is 1. The van der Waals surface area contributed by atoms with Crippen LogP contribution in [0.15, 0.2) is 41.1 Å². The Balaban J connectivity index is 1.36. The molecule has 2 amide bonds. The second-order valence-electron chi connectivity index (χ2n) is 7.38. The number of thiophene rings is 1. The minimum atomic E-state index is -0.388. The molecule has 2 aromatic heterocycles. The monoisotopic (exact) mass is 458 g/mol. The Labute approximate surface area is 188 Å². The molecule has 4 rings (SSSR count). The van der Waals surface area contributed by atoms with Crippen molar-refractivity contribution in [3.05, 3.63) is 57.5 Å². The van der Waals surface area contributed by atoms with Gasteiger partial charge in [-0.1, -0.05) is 6.07 Å². The number of rotatable bonds is 7. The number of hydrogen-bond donors (Lipinski definition) is 2. The van der Waals surface area contributed by atoms with E-state index in [9.17, 15) is 14.0 Å². The van der Waals surface area contributed by atoms with Crippen molar-refractivity contribution in [2.24, 2.45) is 0 Å². The first-order valence-electron chi connectivity index (χ1n) is 10.2. The summed E-state index contributed by atoms with van der Waals surface area (Å²) in [7, 11) is 0. The molecule has 0 unspecified atom stereocenters. The predicted octanol–water partition coefficient (Wildman–Crippen LogP) is 4.70. The Kier molecular flexibility index (Phi) is 6.93. The number of aromatic nitrogens is 1. The second kappa shape index (κ2) is 10.0. The SMILES string of the molecule is O=C(Cc1cccs1)Nc1nc(CC(=O)Nc2cc(F)ccc2N2CCCCC2)cs1. The van der Waals surface area contributed by atoms with Crippen molar-refractivity contribution in [3.8, 4) is 0 Å². The first-order chi connectivity index (χ1) is 15.1. The molecule has 3 heterocycles. The zero-order chi connectivity index (χ0) is 21.6. The maximum Gasteiger partial charge on any atom is 0.231 e. The summed E-state index contributed by atoms with van der Waals surface area (Å²) < 4.78 is 13.8. The summed E-state index contributed by atoms with van der Waals surface area (Å²) in [5, 5.41) is 9.74. The van der Waals surface area contributed by atoms with Crippen LogP contribution >= 0.6 is 22.7 Å². The van der Waals surface area contributed by atoms with Gasteiger partial charge in [0.2, 0.25) is 11.8 Å². The fraction of sp³-hybridized carbons (Fsp3) is 0.318. The van der Waals surface area contributed by atoms with E-state index in [-0.39, 0.29) is 24.1 Å². The number of nitrogens with zero attached hydrogens (tertiary/aromatic N) is 2. The molecule has 1 fully saturated rings. The Morgan fingerprint density at radius 1 is 1.03 bits per heavy atom. The van der Waals surface area contributed by atoms with Crippen molar-refractivity contribution >= 4 is 51.0 Å². The first-order valence-corrected chi connectivity index (χ1v) is 11.9. The predicted molar refractivity (Wildman–Crippen MR) is 124 cm³/mol. The van der Waals surface area contributed by atoms with Crippen LogP contribution in [-0.2, 0) is 22.4 Å². The lowest BCUT2D eigenvalue weighted by Crippen LogP contribution is -2.30. The van der Waals surface area contributed by atoms with E-state index in [2.05, 4.69) is 20.5 Å². The standard InChI is InChI=1S/C22H23FN4O2S2/c23-15-6-7-19(27-8-2-1-3-9-27)18(11-15)25-20(28)12-16-14-31-22(24-16)26-21(29)13-17-5-4-10-30-17/h4-7,10-11,14H,1-3,8-9,12-13H2,(H,25,28)(H,24,26,29). The molecular formula is C22H23FN4O2S2. The van der Waals surface area contributed by atoms with Gasteiger partial charge in [-0.2, -0.15) is 0 Å². The molecular weight excluding hydrogens is 435 g/mol. The molecule has 31 heavy (non-hydrogen) atoms. The summed E-state index contributed by atoms with van der Waals surface area (Å²) in [6, 6.07) is 8.32. The minimum absolute atomic E-state index is 0.0489. The molecule has 0 radical (unpaired) electrons. The van der Waals surface area contributed by atoms with Crippen LogP contribution in [0.4, 0.5) is 20.9 Å². The largest absolute Gasteiger partial charge is 0.370 e. The molecule has 2 N–H and O–H groups in total. The van der Waals surface area contributed by atoms with E-state index < -0.39 is 0 Å². The van der Waals surface area contributed by atoms with E-state index in [0.717, 1.165) is 36.5 Å². The Morgan fingerprint density at radius 3 is 2.61 bits per heavy atom. The van der Waals surface area contributed by atoms with Crippen molar-refractivity contribution < 1.29 is 14.0 Å². The first kappa shape index (κ1) is 21.5. The highest BCUT2D eigenvalue weighted by Crippen LogP contribution is 2.29. The Bertz CT molecular complexity index is 1050. The summed E-state index contributed by atoms with van der Waals surface area (Å²) in [4.78, 5) is 32.2. The van der Waals surface area contributed by atoms with Crippen LogP contribution in [0.25, 0.3) is 0 Å². The van der Waals surface area contributed by atoms with Gasteiger partial charge in [0.05, 0.1) is 29.9 Å². The molecule has 0 saturated carbocycles. The van der Waals surface area contributed by atoms with E-state index in [4.69, 9.17) is 0 Å². The smallest absolute Gasteiger partial charge is 0.231 e. The van der Waals surface area contributed by atoms with Gasteiger partial charge in [-0.05, 0) is 48.9 Å². The van der Waals surface area contributed by atoms with Gasteiger partial charge in [-0.3, -0.25) is 9.59 Å². The summed E-state index contributed by atoms with van der Waals surface area (Å²) in [6.07, 6.45) is 3.71. The number of nitrogens with one attached hydrogen (secondary N) is 2.